The third-order valence-electron chi connectivity index (χ3n) is 2.95. The smallest absolute Gasteiger partial charge is 0.393 e. The predicted octanol–water partition coefficient (Wildman–Crippen LogP) is 5.53. The van der Waals surface area contributed by atoms with Crippen LogP contribution >= 0.6 is 0 Å². The lowest BCUT2D eigenvalue weighted by molar-refractivity contribution is -0.441. The van der Waals surface area contributed by atoms with E-state index in [1.54, 1.807) is 0 Å². The molecule has 0 aliphatic carbocycles. The first kappa shape index (κ1) is 26.2. The molecule has 0 fully saturated rings. The summed E-state index contributed by atoms with van der Waals surface area (Å²) >= 11 is 0. The number of alkyl halides is 14. The Morgan fingerprint density at radius 3 is 1.54 bits per heavy atom. The average Bonchev–Trinajstić information content (AvgIpc) is 2.43. The first-order chi connectivity index (χ1) is 12.0. The summed E-state index contributed by atoms with van der Waals surface area (Å²) in [7, 11) is 0. The maximum absolute atomic E-state index is 13.3. The van der Waals surface area contributed by atoms with Crippen molar-refractivity contribution in [3.8, 4) is 0 Å². The average molecular weight is 450 g/mol. The summed E-state index contributed by atoms with van der Waals surface area (Å²) in [5, 5.41) is 0. The summed E-state index contributed by atoms with van der Waals surface area (Å²) in [6.45, 7) is 3.08. The van der Waals surface area contributed by atoms with Crippen LogP contribution in [0.5, 0.6) is 0 Å². The molecule has 0 saturated heterocycles. The fourth-order valence-electron chi connectivity index (χ4n) is 1.38. The summed E-state index contributed by atoms with van der Waals surface area (Å²) in [4.78, 5) is 10.7. The molecule has 0 aromatic heterocycles. The molecule has 0 N–H and O–H groups in total. The largest absolute Gasteiger partial charge is 0.473 e. The number of halogens is 14. The van der Waals surface area contributed by atoms with E-state index >= 15 is 0 Å². The maximum atomic E-state index is 13.3. The minimum atomic E-state index is -7.89. The van der Waals surface area contributed by atoms with Gasteiger partial charge in [0.1, 0.15) is 0 Å². The van der Waals surface area contributed by atoms with Gasteiger partial charge in [0.2, 0.25) is 0 Å². The Morgan fingerprint density at radius 2 is 1.21 bits per heavy atom. The van der Waals surface area contributed by atoms with Crippen molar-refractivity contribution in [2.24, 2.45) is 0 Å². The Bertz CT molecular complexity index is 606. The van der Waals surface area contributed by atoms with Gasteiger partial charge in [-0.3, -0.25) is 0 Å². The Hall–Kier alpha value is -1.77. The number of rotatable bonds is 8. The number of esters is 1. The minimum Gasteiger partial charge on any atom is -0.393 e. The quantitative estimate of drug-likeness (QED) is 0.276. The molecule has 0 amide bonds. The van der Waals surface area contributed by atoms with Crippen LogP contribution in [0.4, 0.5) is 61.5 Å². The second-order valence-electron chi connectivity index (χ2n) is 5.32. The highest BCUT2D eigenvalue weighted by molar-refractivity contribution is 5.87. The molecule has 1 atom stereocenters. The predicted molar refractivity (Wildman–Crippen MR) is 61.2 cm³/mol. The molecule has 0 heterocycles. The highest BCUT2D eigenvalue weighted by Gasteiger charge is 2.89. The lowest BCUT2D eigenvalue weighted by Gasteiger charge is -2.39. The summed E-state index contributed by atoms with van der Waals surface area (Å²) in [6.07, 6.45) is -21.5. The molecule has 0 bridgehead atoms. The highest BCUT2D eigenvalue weighted by atomic mass is 19.4. The molecule has 0 aliphatic heterocycles. The molecule has 0 spiro atoms. The molecular formula is C12H8F14O2. The van der Waals surface area contributed by atoms with Crippen molar-refractivity contribution >= 4 is 5.97 Å². The molecule has 0 aromatic carbocycles. The summed E-state index contributed by atoms with van der Waals surface area (Å²) in [5.74, 6) is -33.0. The van der Waals surface area contributed by atoms with Gasteiger partial charge in [-0.15, -0.1) is 0 Å². The molecule has 1 unspecified atom stereocenters. The van der Waals surface area contributed by atoms with E-state index in [0.717, 1.165) is 0 Å². The van der Waals surface area contributed by atoms with E-state index in [1.807, 2.05) is 0 Å². The number of hydrogen-bond acceptors (Lipinski definition) is 2. The Kier molecular flexibility index (Phi) is 6.78. The van der Waals surface area contributed by atoms with Crippen molar-refractivity contribution in [2.75, 3.05) is 0 Å². The molecule has 2 nitrogen and oxygen atoms in total. The first-order valence-electron chi connectivity index (χ1n) is 6.44. The fourth-order valence-corrected chi connectivity index (χ4v) is 1.38. The van der Waals surface area contributed by atoms with Crippen LogP contribution in [-0.2, 0) is 9.53 Å². The van der Waals surface area contributed by atoms with Crippen LogP contribution in [0.3, 0.4) is 0 Å². The minimum absolute atomic E-state index is 0.516. The van der Waals surface area contributed by atoms with E-state index in [-0.39, 0.29) is 0 Å². The van der Waals surface area contributed by atoms with E-state index in [2.05, 4.69) is 11.3 Å². The molecule has 0 aromatic rings. The molecule has 0 aliphatic rings. The Morgan fingerprint density at radius 1 is 0.821 bits per heavy atom. The van der Waals surface area contributed by atoms with Gasteiger partial charge in [-0.2, -0.15) is 57.1 Å². The van der Waals surface area contributed by atoms with Gasteiger partial charge in [0.15, 0.2) is 6.17 Å². The van der Waals surface area contributed by atoms with Crippen molar-refractivity contribution in [1.29, 1.82) is 0 Å². The van der Waals surface area contributed by atoms with Gasteiger partial charge in [-0.1, -0.05) is 6.58 Å². The third kappa shape index (κ3) is 4.45. The monoisotopic (exact) mass is 450 g/mol. The van der Waals surface area contributed by atoms with E-state index in [4.69, 9.17) is 0 Å². The second kappa shape index (κ2) is 7.24. The molecular weight excluding hydrogens is 442 g/mol. The zero-order valence-electron chi connectivity index (χ0n) is 13.1. The van der Waals surface area contributed by atoms with E-state index < -0.39 is 60.1 Å². The standard InChI is InChI=1S/C12H8F14O2/c1-4(2)6(27)28-12(25,26)11(23,24)10(21,22)9(19,20)8(17,18)5(13)3-7(14,15)16/h5H,1,3H2,2H3. The van der Waals surface area contributed by atoms with E-state index in [1.165, 1.54) is 0 Å². The number of hydrogen-bond donors (Lipinski definition) is 0. The Labute approximate surface area is 146 Å². The zero-order chi connectivity index (χ0) is 23.1. The van der Waals surface area contributed by atoms with Crippen LogP contribution in [0.2, 0.25) is 0 Å². The fraction of sp³-hybridized carbons (Fsp3) is 0.750. The third-order valence-corrected chi connectivity index (χ3v) is 2.95. The molecule has 16 heteroatoms. The maximum Gasteiger partial charge on any atom is 0.473 e. The van der Waals surface area contributed by atoms with E-state index in [9.17, 15) is 66.3 Å². The van der Waals surface area contributed by atoms with Crippen molar-refractivity contribution in [3.63, 3.8) is 0 Å². The SMILES string of the molecule is C=C(C)C(=O)OC(F)(F)C(F)(F)C(F)(F)C(F)(F)C(F)(F)C(F)CC(F)(F)F. The van der Waals surface area contributed by atoms with Gasteiger partial charge in [-0.25, -0.2) is 9.18 Å². The molecule has 28 heavy (non-hydrogen) atoms. The highest BCUT2D eigenvalue weighted by Crippen LogP contribution is 2.58. The topological polar surface area (TPSA) is 26.3 Å². The lowest BCUT2D eigenvalue weighted by atomic mass is 9.93. The molecule has 166 valence electrons. The molecule has 0 rings (SSSR count). The lowest BCUT2D eigenvalue weighted by Crippen LogP contribution is -2.69. The second-order valence-corrected chi connectivity index (χ2v) is 5.32. The van der Waals surface area contributed by atoms with Crippen LogP contribution in [-0.4, -0.2) is 48.1 Å². The van der Waals surface area contributed by atoms with Crippen LogP contribution in [0.15, 0.2) is 12.2 Å². The van der Waals surface area contributed by atoms with Gasteiger partial charge in [-0.05, 0) is 6.92 Å². The molecule has 0 radical (unpaired) electrons. The van der Waals surface area contributed by atoms with Crippen LogP contribution in [0, 0.1) is 0 Å². The molecule has 0 saturated carbocycles. The summed E-state index contributed by atoms with van der Waals surface area (Å²) < 4.78 is 183. The van der Waals surface area contributed by atoms with E-state index in [0.29, 0.717) is 6.92 Å². The zero-order valence-corrected chi connectivity index (χ0v) is 13.1. The van der Waals surface area contributed by atoms with Crippen LogP contribution in [0.1, 0.15) is 13.3 Å². The summed E-state index contributed by atoms with van der Waals surface area (Å²) in [6, 6.07) is 0. The van der Waals surface area contributed by atoms with Crippen LogP contribution in [0.25, 0.3) is 0 Å². The Balaban J connectivity index is 6.15. The van der Waals surface area contributed by atoms with Gasteiger partial charge in [0.25, 0.3) is 0 Å². The van der Waals surface area contributed by atoms with Crippen molar-refractivity contribution < 1.29 is 71.0 Å². The van der Waals surface area contributed by atoms with Gasteiger partial charge in [0, 0.05) is 5.57 Å². The van der Waals surface area contributed by atoms with Crippen molar-refractivity contribution in [1.82, 2.24) is 0 Å². The number of carbonyl (C=O) groups is 1. The van der Waals surface area contributed by atoms with Gasteiger partial charge >= 0.3 is 41.9 Å². The normalized spacial score (nSPS) is 16.0. The summed E-state index contributed by atoms with van der Waals surface area (Å²) in [5.41, 5.74) is -1.13. The van der Waals surface area contributed by atoms with Gasteiger partial charge in [0.05, 0.1) is 6.42 Å². The van der Waals surface area contributed by atoms with Crippen molar-refractivity contribution in [3.05, 3.63) is 12.2 Å². The van der Waals surface area contributed by atoms with Crippen molar-refractivity contribution in [2.45, 2.75) is 55.5 Å². The van der Waals surface area contributed by atoms with Gasteiger partial charge < -0.3 is 4.74 Å². The first-order valence-corrected chi connectivity index (χ1v) is 6.44. The number of carbonyl (C=O) groups excluding carboxylic acids is 1. The number of ether oxygens (including phenoxy) is 1. The van der Waals surface area contributed by atoms with Crippen LogP contribution < -0.4 is 0 Å².